The molecule has 0 spiro atoms. The molecule has 0 aliphatic carbocycles. The lowest BCUT2D eigenvalue weighted by Gasteiger charge is -2.31. The molecule has 0 saturated carbocycles. The van der Waals surface area contributed by atoms with Crippen molar-refractivity contribution in [2.45, 2.75) is 43.9 Å². The molecule has 0 unspecified atom stereocenters. The van der Waals surface area contributed by atoms with Gasteiger partial charge in [-0.3, -0.25) is 9.80 Å². The molecule has 0 amide bonds. The van der Waals surface area contributed by atoms with E-state index in [1.165, 1.54) is 30.8 Å². The Kier molecular flexibility index (Phi) is 11.4. The lowest BCUT2D eigenvalue weighted by Crippen LogP contribution is -2.39. The number of alkyl halides is 6. The molecular weight excluding hydrogens is 522 g/mol. The summed E-state index contributed by atoms with van der Waals surface area (Å²) in [5, 5.41) is 16.4. The molecule has 8 nitrogen and oxygen atoms in total. The number of rotatable bonds is 3. The molecule has 3 aliphatic heterocycles. The Balaban J connectivity index is 0.000000271. The predicted molar refractivity (Wildman–Crippen MR) is 116 cm³/mol. The largest absolute Gasteiger partial charge is 0.490 e. The van der Waals surface area contributed by atoms with Crippen LogP contribution in [0.25, 0.3) is 0 Å². The summed E-state index contributed by atoms with van der Waals surface area (Å²) >= 11 is 1.87. The molecule has 4 heterocycles. The smallest absolute Gasteiger partial charge is 0.475 e. The van der Waals surface area contributed by atoms with Gasteiger partial charge in [0.25, 0.3) is 0 Å². The third-order valence-corrected chi connectivity index (χ3v) is 6.65. The molecule has 3 fully saturated rings. The minimum Gasteiger partial charge on any atom is -0.475 e. The first-order chi connectivity index (χ1) is 16.8. The van der Waals surface area contributed by atoms with Crippen LogP contribution in [0.3, 0.4) is 0 Å². The molecule has 36 heavy (non-hydrogen) atoms. The molecule has 4 rings (SSSR count). The highest BCUT2D eigenvalue weighted by atomic mass is 32.1. The Labute approximate surface area is 207 Å². The third kappa shape index (κ3) is 10.2. The number of nitrogens with zero attached hydrogens (tertiary/aromatic N) is 2. The summed E-state index contributed by atoms with van der Waals surface area (Å²) in [5.41, 5.74) is 0. The van der Waals surface area contributed by atoms with Crippen LogP contribution in [0.15, 0.2) is 17.5 Å². The Morgan fingerprint density at radius 3 is 2.06 bits per heavy atom. The van der Waals surface area contributed by atoms with Gasteiger partial charge in [-0.05, 0) is 24.3 Å². The molecule has 2 atom stereocenters. The Hall–Kier alpha value is -1.94. The molecule has 0 aromatic carbocycles. The van der Waals surface area contributed by atoms with Crippen LogP contribution in [-0.4, -0.2) is 102 Å². The first-order valence-electron chi connectivity index (χ1n) is 11.1. The number of halogens is 6. The summed E-state index contributed by atoms with van der Waals surface area (Å²) in [6, 6.07) is 5.12. The normalized spacial score (nSPS) is 23.9. The van der Waals surface area contributed by atoms with Crippen LogP contribution in [0, 0.1) is 5.92 Å². The molecule has 0 radical (unpaired) electrons. The van der Waals surface area contributed by atoms with Gasteiger partial charge in [0, 0.05) is 62.8 Å². The van der Waals surface area contributed by atoms with Gasteiger partial charge in [0.15, 0.2) is 0 Å². The fraction of sp³-hybridized carbons (Fsp3) is 0.714. The van der Waals surface area contributed by atoms with Crippen LogP contribution in [0.4, 0.5) is 26.3 Å². The van der Waals surface area contributed by atoms with Crippen molar-refractivity contribution in [1.82, 2.24) is 9.80 Å². The number of ether oxygens (including phenoxy) is 2. The quantitative estimate of drug-likeness (QED) is 0.554. The van der Waals surface area contributed by atoms with Crippen LogP contribution in [0.2, 0.25) is 0 Å². The Morgan fingerprint density at radius 1 is 0.972 bits per heavy atom. The number of carboxylic acids is 2. The van der Waals surface area contributed by atoms with Crippen molar-refractivity contribution in [1.29, 1.82) is 0 Å². The molecule has 3 saturated heterocycles. The van der Waals surface area contributed by atoms with Crippen molar-refractivity contribution in [2.24, 2.45) is 5.92 Å². The maximum absolute atomic E-state index is 10.6. The molecule has 1 aromatic heterocycles. The van der Waals surface area contributed by atoms with Gasteiger partial charge in [-0.1, -0.05) is 6.07 Å². The van der Waals surface area contributed by atoms with E-state index in [4.69, 9.17) is 29.3 Å². The second-order valence-corrected chi connectivity index (χ2v) is 9.42. The molecule has 2 N–H and O–H groups in total. The molecule has 206 valence electrons. The van der Waals surface area contributed by atoms with Crippen molar-refractivity contribution < 1.29 is 55.6 Å². The highest BCUT2D eigenvalue weighted by Crippen LogP contribution is 2.29. The van der Waals surface area contributed by atoms with Crippen molar-refractivity contribution in [3.05, 3.63) is 22.4 Å². The van der Waals surface area contributed by atoms with Gasteiger partial charge in [-0.2, -0.15) is 26.3 Å². The lowest BCUT2D eigenvalue weighted by molar-refractivity contribution is -0.193. The maximum atomic E-state index is 10.6. The monoisotopic (exact) mass is 550 g/mol. The highest BCUT2D eigenvalue weighted by molar-refractivity contribution is 7.09. The van der Waals surface area contributed by atoms with E-state index in [1.807, 2.05) is 11.3 Å². The van der Waals surface area contributed by atoms with Crippen LogP contribution in [0.1, 0.15) is 17.7 Å². The first kappa shape index (κ1) is 30.3. The van der Waals surface area contributed by atoms with Gasteiger partial charge < -0.3 is 19.7 Å². The first-order valence-corrected chi connectivity index (χ1v) is 11.9. The molecule has 1 aromatic rings. The minimum absolute atomic E-state index is 0.441. The topological polar surface area (TPSA) is 99.5 Å². The predicted octanol–water partition coefficient (Wildman–Crippen LogP) is 3.33. The van der Waals surface area contributed by atoms with E-state index in [2.05, 4.69) is 27.3 Å². The van der Waals surface area contributed by atoms with Crippen molar-refractivity contribution >= 4 is 23.3 Å². The standard InChI is InChI=1S/C17H26N2O2S.2C2HF3O2/c1-2-16(22-9-1)12-18-5-8-21-17-13-19(11-14(17)10-18)15-3-6-20-7-4-15;2*3-2(4,5)1(6)7/h1-2,9,14-15,17H,3-8,10-13H2;2*(H,6,7)/t14-,17+;;/m0../s1. The second-order valence-electron chi connectivity index (χ2n) is 8.39. The van der Waals surface area contributed by atoms with Gasteiger partial charge in [-0.25, -0.2) is 9.59 Å². The van der Waals surface area contributed by atoms with E-state index in [0.29, 0.717) is 12.0 Å². The molecular formula is C21H28F6N2O6S. The zero-order valence-corrected chi connectivity index (χ0v) is 19.9. The summed E-state index contributed by atoms with van der Waals surface area (Å²) in [4.78, 5) is 24.5. The van der Waals surface area contributed by atoms with Crippen LogP contribution >= 0.6 is 11.3 Å². The van der Waals surface area contributed by atoms with Gasteiger partial charge in [0.1, 0.15) is 0 Å². The lowest BCUT2D eigenvalue weighted by atomic mass is 10.1. The van der Waals surface area contributed by atoms with Gasteiger partial charge in [-0.15, -0.1) is 11.3 Å². The summed E-state index contributed by atoms with van der Waals surface area (Å²) in [6.07, 6.45) is -7.34. The van der Waals surface area contributed by atoms with Crippen LogP contribution < -0.4 is 0 Å². The summed E-state index contributed by atoms with van der Waals surface area (Å²) < 4.78 is 75.2. The molecule has 15 heteroatoms. The number of hydrogen-bond acceptors (Lipinski definition) is 7. The number of likely N-dealkylation sites (tertiary alicyclic amines) is 1. The summed E-state index contributed by atoms with van der Waals surface area (Å²) in [6.45, 7) is 8.42. The number of aliphatic carboxylic acids is 2. The van der Waals surface area contributed by atoms with E-state index in [1.54, 1.807) is 0 Å². The number of thiophene rings is 1. The van der Waals surface area contributed by atoms with E-state index < -0.39 is 24.3 Å². The molecule has 3 aliphatic rings. The molecule has 0 bridgehead atoms. The highest BCUT2D eigenvalue weighted by Gasteiger charge is 2.40. The number of carbonyl (C=O) groups is 2. The van der Waals surface area contributed by atoms with Crippen molar-refractivity contribution in [2.75, 3.05) is 46.0 Å². The average Bonchev–Trinajstić information content (AvgIpc) is 3.40. The number of fused-ring (bicyclic) bond motifs is 1. The fourth-order valence-corrected chi connectivity index (χ4v) is 4.85. The summed E-state index contributed by atoms with van der Waals surface area (Å²) in [7, 11) is 0. The van der Waals surface area contributed by atoms with Gasteiger partial charge >= 0.3 is 24.3 Å². The van der Waals surface area contributed by atoms with Crippen LogP contribution in [0.5, 0.6) is 0 Å². The van der Waals surface area contributed by atoms with E-state index in [0.717, 1.165) is 45.5 Å². The zero-order valence-electron chi connectivity index (χ0n) is 19.1. The number of carboxylic acid groups (broad SMARTS) is 2. The van der Waals surface area contributed by atoms with E-state index in [-0.39, 0.29) is 0 Å². The third-order valence-electron chi connectivity index (χ3n) is 5.79. The van der Waals surface area contributed by atoms with E-state index >= 15 is 0 Å². The summed E-state index contributed by atoms with van der Waals surface area (Å²) in [5.74, 6) is -4.84. The average molecular weight is 551 g/mol. The number of hydrogen-bond donors (Lipinski definition) is 2. The van der Waals surface area contributed by atoms with Gasteiger partial charge in [0.2, 0.25) is 0 Å². The second kappa shape index (κ2) is 13.6. The maximum Gasteiger partial charge on any atom is 0.490 e. The van der Waals surface area contributed by atoms with Crippen molar-refractivity contribution in [3.8, 4) is 0 Å². The van der Waals surface area contributed by atoms with Crippen LogP contribution in [-0.2, 0) is 25.6 Å². The van der Waals surface area contributed by atoms with Gasteiger partial charge in [0.05, 0.1) is 12.7 Å². The zero-order chi connectivity index (χ0) is 26.9. The van der Waals surface area contributed by atoms with E-state index in [9.17, 15) is 26.3 Å². The van der Waals surface area contributed by atoms with Crippen molar-refractivity contribution in [3.63, 3.8) is 0 Å². The fourth-order valence-electron chi connectivity index (χ4n) is 4.11. The Morgan fingerprint density at radius 2 is 1.56 bits per heavy atom. The Bertz CT molecular complexity index is 793. The minimum atomic E-state index is -5.08. The SMILES string of the molecule is O=C(O)C(F)(F)F.O=C(O)C(F)(F)F.c1csc(CN2CCO[C@@H]3CN(C4CCOCC4)C[C@@H]3C2)c1.